The van der Waals surface area contributed by atoms with E-state index >= 15 is 0 Å². The van der Waals surface area contributed by atoms with E-state index in [1.165, 1.54) is 16.9 Å². The number of aromatic carboxylic acids is 1. The highest BCUT2D eigenvalue weighted by atomic mass is 16.4. The fraction of sp³-hybridized carbons (Fsp3) is 0.143. The Morgan fingerprint density at radius 2 is 2.00 bits per heavy atom. The Bertz CT molecular complexity index is 652. The van der Waals surface area contributed by atoms with Gasteiger partial charge in [-0.25, -0.2) is 9.48 Å². The molecule has 1 aromatic heterocycles. The molecule has 0 aliphatic carbocycles. The van der Waals surface area contributed by atoms with Crippen molar-refractivity contribution in [2.75, 3.05) is 0 Å². The molecule has 98 valence electrons. The van der Waals surface area contributed by atoms with Crippen LogP contribution >= 0.6 is 0 Å². The van der Waals surface area contributed by atoms with E-state index in [4.69, 9.17) is 5.11 Å². The minimum atomic E-state index is -1.05. The highest BCUT2D eigenvalue weighted by molar-refractivity contribution is 5.91. The van der Waals surface area contributed by atoms with E-state index in [2.05, 4.69) is 5.10 Å². The molecular weight excluding hydrogens is 244 g/mol. The predicted molar refractivity (Wildman–Crippen MR) is 71.5 cm³/mol. The number of para-hydroxylation sites is 2. The second-order valence-corrected chi connectivity index (χ2v) is 4.37. The Kier molecular flexibility index (Phi) is 3.37. The van der Waals surface area contributed by atoms with Crippen molar-refractivity contribution in [1.29, 1.82) is 0 Å². The molecule has 0 saturated carbocycles. The third kappa shape index (κ3) is 2.49. The standard InChI is InChI=1S/C14H14N2O3/c1-9(2)7-12-10(14(18)19)8-15-16(12)11-5-3-4-6-13(11)17/h3-8,17H,1-2H3,(H,18,19). The van der Waals surface area contributed by atoms with Gasteiger partial charge in [-0.1, -0.05) is 17.7 Å². The number of carboxylic acid groups (broad SMARTS) is 1. The van der Waals surface area contributed by atoms with Gasteiger partial charge in [0.2, 0.25) is 0 Å². The first-order chi connectivity index (χ1) is 9.00. The summed E-state index contributed by atoms with van der Waals surface area (Å²) in [6, 6.07) is 6.66. The molecule has 0 aliphatic heterocycles. The van der Waals surface area contributed by atoms with Crippen LogP contribution in [0.2, 0.25) is 0 Å². The van der Waals surface area contributed by atoms with E-state index in [-0.39, 0.29) is 11.3 Å². The number of carbonyl (C=O) groups is 1. The van der Waals surface area contributed by atoms with E-state index < -0.39 is 5.97 Å². The Labute approximate surface area is 110 Å². The first-order valence-corrected chi connectivity index (χ1v) is 5.75. The molecule has 0 bridgehead atoms. The lowest BCUT2D eigenvalue weighted by Gasteiger charge is -2.07. The Morgan fingerprint density at radius 3 is 2.58 bits per heavy atom. The number of rotatable bonds is 3. The fourth-order valence-corrected chi connectivity index (χ4v) is 1.77. The van der Waals surface area contributed by atoms with Crippen molar-refractivity contribution in [3.63, 3.8) is 0 Å². The largest absolute Gasteiger partial charge is 0.506 e. The van der Waals surface area contributed by atoms with Gasteiger partial charge in [0.25, 0.3) is 0 Å². The van der Waals surface area contributed by atoms with Crippen LogP contribution in [0.15, 0.2) is 36.0 Å². The van der Waals surface area contributed by atoms with Crippen molar-refractivity contribution < 1.29 is 15.0 Å². The maximum absolute atomic E-state index is 11.2. The second kappa shape index (κ2) is 4.97. The number of hydrogen-bond donors (Lipinski definition) is 2. The molecule has 0 fully saturated rings. The molecule has 1 aromatic carbocycles. The van der Waals surface area contributed by atoms with Crippen LogP contribution in [0.4, 0.5) is 0 Å². The van der Waals surface area contributed by atoms with Gasteiger partial charge in [-0.15, -0.1) is 0 Å². The lowest BCUT2D eigenvalue weighted by Crippen LogP contribution is -2.03. The van der Waals surface area contributed by atoms with E-state index in [0.717, 1.165) is 5.57 Å². The summed E-state index contributed by atoms with van der Waals surface area (Å²) in [4.78, 5) is 11.2. The van der Waals surface area contributed by atoms with Gasteiger partial charge in [-0.2, -0.15) is 5.10 Å². The number of nitrogens with zero attached hydrogens (tertiary/aromatic N) is 2. The molecule has 0 spiro atoms. The molecule has 2 rings (SSSR count). The molecular formula is C14H14N2O3. The van der Waals surface area contributed by atoms with E-state index in [9.17, 15) is 9.90 Å². The molecule has 19 heavy (non-hydrogen) atoms. The minimum absolute atomic E-state index is 0.0472. The van der Waals surface area contributed by atoms with Crippen molar-refractivity contribution in [3.8, 4) is 11.4 Å². The van der Waals surface area contributed by atoms with Crippen molar-refractivity contribution in [3.05, 3.63) is 47.3 Å². The van der Waals surface area contributed by atoms with Gasteiger partial charge in [0.15, 0.2) is 0 Å². The average Bonchev–Trinajstić information content (AvgIpc) is 2.72. The smallest absolute Gasteiger partial charge is 0.339 e. The minimum Gasteiger partial charge on any atom is -0.506 e. The lowest BCUT2D eigenvalue weighted by atomic mass is 10.2. The summed E-state index contributed by atoms with van der Waals surface area (Å²) in [6.07, 6.45) is 3.01. The van der Waals surface area contributed by atoms with Crippen LogP contribution < -0.4 is 0 Å². The van der Waals surface area contributed by atoms with Gasteiger partial charge in [0.1, 0.15) is 17.0 Å². The monoisotopic (exact) mass is 258 g/mol. The molecule has 2 aromatic rings. The summed E-state index contributed by atoms with van der Waals surface area (Å²) in [5.41, 5.74) is 1.93. The van der Waals surface area contributed by atoms with Gasteiger partial charge in [0, 0.05) is 0 Å². The molecule has 1 heterocycles. The number of aromatic hydroxyl groups is 1. The first-order valence-electron chi connectivity index (χ1n) is 5.75. The van der Waals surface area contributed by atoms with Crippen LogP contribution in [0, 0.1) is 0 Å². The molecule has 5 nitrogen and oxygen atoms in total. The van der Waals surface area contributed by atoms with Crippen LogP contribution in [-0.2, 0) is 0 Å². The molecule has 5 heteroatoms. The SMILES string of the molecule is CC(C)=Cc1c(C(=O)O)cnn1-c1ccccc1O. The molecule has 0 unspecified atom stereocenters. The average molecular weight is 258 g/mol. The van der Waals surface area contributed by atoms with Crippen LogP contribution in [-0.4, -0.2) is 26.0 Å². The van der Waals surface area contributed by atoms with Crippen LogP contribution in [0.1, 0.15) is 29.9 Å². The quantitative estimate of drug-likeness (QED) is 0.887. The van der Waals surface area contributed by atoms with Gasteiger partial charge < -0.3 is 10.2 Å². The first kappa shape index (κ1) is 12.9. The number of phenolic OH excluding ortho intramolecular Hbond substituents is 1. The number of aromatic nitrogens is 2. The van der Waals surface area contributed by atoms with Crippen molar-refractivity contribution in [2.45, 2.75) is 13.8 Å². The second-order valence-electron chi connectivity index (χ2n) is 4.37. The number of benzene rings is 1. The number of carboxylic acids is 1. The molecule has 0 amide bonds. The third-order valence-electron chi connectivity index (χ3n) is 2.57. The van der Waals surface area contributed by atoms with Crippen molar-refractivity contribution in [1.82, 2.24) is 9.78 Å². The third-order valence-corrected chi connectivity index (χ3v) is 2.57. The molecule has 0 atom stereocenters. The summed E-state index contributed by atoms with van der Waals surface area (Å²) < 4.78 is 1.42. The Morgan fingerprint density at radius 1 is 1.32 bits per heavy atom. The van der Waals surface area contributed by atoms with E-state index in [0.29, 0.717) is 11.4 Å². The van der Waals surface area contributed by atoms with Gasteiger partial charge in [-0.3, -0.25) is 0 Å². The Balaban J connectivity index is 2.68. The zero-order valence-corrected chi connectivity index (χ0v) is 10.7. The lowest BCUT2D eigenvalue weighted by molar-refractivity contribution is 0.0696. The zero-order chi connectivity index (χ0) is 14.0. The van der Waals surface area contributed by atoms with Gasteiger partial charge in [-0.05, 0) is 32.1 Å². The topological polar surface area (TPSA) is 75.3 Å². The van der Waals surface area contributed by atoms with Crippen molar-refractivity contribution >= 4 is 12.0 Å². The molecule has 0 aliphatic rings. The number of allylic oxidation sites excluding steroid dienone is 1. The van der Waals surface area contributed by atoms with Crippen LogP contribution in [0.25, 0.3) is 11.8 Å². The van der Waals surface area contributed by atoms with Crippen LogP contribution in [0.3, 0.4) is 0 Å². The maximum Gasteiger partial charge on any atom is 0.339 e. The van der Waals surface area contributed by atoms with E-state index in [1.807, 2.05) is 13.8 Å². The summed E-state index contributed by atoms with van der Waals surface area (Å²) in [7, 11) is 0. The molecule has 0 saturated heterocycles. The number of hydrogen-bond acceptors (Lipinski definition) is 3. The fourth-order valence-electron chi connectivity index (χ4n) is 1.77. The van der Waals surface area contributed by atoms with Gasteiger partial charge in [0.05, 0.1) is 11.9 Å². The summed E-state index contributed by atoms with van der Waals surface area (Å²) in [6.45, 7) is 3.74. The normalized spacial score (nSPS) is 10.2. The highest BCUT2D eigenvalue weighted by Gasteiger charge is 2.17. The summed E-state index contributed by atoms with van der Waals surface area (Å²) in [5.74, 6) is -1.000. The Hall–Kier alpha value is -2.56. The van der Waals surface area contributed by atoms with Gasteiger partial charge >= 0.3 is 5.97 Å². The predicted octanol–water partition coefficient (Wildman–Crippen LogP) is 2.70. The summed E-state index contributed by atoms with van der Waals surface area (Å²) >= 11 is 0. The maximum atomic E-state index is 11.2. The summed E-state index contributed by atoms with van der Waals surface area (Å²) in [5, 5.41) is 23.1. The zero-order valence-electron chi connectivity index (χ0n) is 10.7. The van der Waals surface area contributed by atoms with Crippen LogP contribution in [0.5, 0.6) is 5.75 Å². The van der Waals surface area contributed by atoms with E-state index in [1.54, 1.807) is 24.3 Å². The molecule has 2 N–H and O–H groups in total. The van der Waals surface area contributed by atoms with Crippen molar-refractivity contribution in [2.24, 2.45) is 0 Å². The highest BCUT2D eigenvalue weighted by Crippen LogP contribution is 2.24. The number of phenols is 1. The molecule has 0 radical (unpaired) electrons.